The number of carbonyl (C=O) groups is 2. The maximum atomic E-state index is 13.0. The number of rotatable bonds is 4. The number of hydrogen-bond acceptors (Lipinski definition) is 3. The van der Waals surface area contributed by atoms with Crippen LogP contribution in [0.2, 0.25) is 0 Å². The van der Waals surface area contributed by atoms with Crippen molar-refractivity contribution >= 4 is 28.8 Å². The lowest BCUT2D eigenvalue weighted by molar-refractivity contribution is -0.183. The van der Waals surface area contributed by atoms with E-state index in [2.05, 4.69) is 10.6 Å². The number of benzene rings is 1. The zero-order valence-corrected chi connectivity index (χ0v) is 15.2. The lowest BCUT2D eigenvalue weighted by Gasteiger charge is -2.31. The SMILES string of the molecule is O=C(Nc1ccccc1C(=O)N[C@@H]1CCC[C@@H](C(F)(F)F)C1)c1cccs1. The fourth-order valence-corrected chi connectivity index (χ4v) is 3.88. The molecule has 8 heteroatoms. The highest BCUT2D eigenvalue weighted by Gasteiger charge is 2.42. The van der Waals surface area contributed by atoms with Gasteiger partial charge in [0.2, 0.25) is 0 Å². The monoisotopic (exact) mass is 396 g/mol. The Morgan fingerprint density at radius 3 is 2.52 bits per heavy atom. The quantitative estimate of drug-likeness (QED) is 0.776. The first-order valence-electron chi connectivity index (χ1n) is 8.66. The predicted molar refractivity (Wildman–Crippen MR) is 98.0 cm³/mol. The Balaban J connectivity index is 1.69. The van der Waals surface area contributed by atoms with Crippen molar-refractivity contribution in [2.45, 2.75) is 37.9 Å². The molecule has 0 radical (unpaired) electrons. The van der Waals surface area contributed by atoms with Crippen LogP contribution in [0.1, 0.15) is 45.7 Å². The van der Waals surface area contributed by atoms with Gasteiger partial charge in [0.15, 0.2) is 0 Å². The summed E-state index contributed by atoms with van der Waals surface area (Å²) in [5.74, 6) is -2.20. The van der Waals surface area contributed by atoms with Crippen LogP contribution >= 0.6 is 11.3 Å². The van der Waals surface area contributed by atoms with E-state index >= 15 is 0 Å². The number of thiophene rings is 1. The van der Waals surface area contributed by atoms with E-state index in [0.717, 1.165) is 0 Å². The van der Waals surface area contributed by atoms with Crippen LogP contribution in [0.15, 0.2) is 41.8 Å². The largest absolute Gasteiger partial charge is 0.391 e. The zero-order chi connectivity index (χ0) is 19.4. The van der Waals surface area contributed by atoms with Gasteiger partial charge < -0.3 is 10.6 Å². The minimum Gasteiger partial charge on any atom is -0.349 e. The van der Waals surface area contributed by atoms with Crippen LogP contribution in [0.3, 0.4) is 0 Å². The Kier molecular flexibility index (Phi) is 5.84. The molecule has 27 heavy (non-hydrogen) atoms. The topological polar surface area (TPSA) is 58.2 Å². The molecule has 1 aromatic carbocycles. The van der Waals surface area contributed by atoms with Gasteiger partial charge in [-0.1, -0.05) is 24.6 Å². The van der Waals surface area contributed by atoms with E-state index in [-0.39, 0.29) is 24.3 Å². The van der Waals surface area contributed by atoms with Crippen LogP contribution in [0.5, 0.6) is 0 Å². The second-order valence-corrected chi connectivity index (χ2v) is 7.50. The van der Waals surface area contributed by atoms with E-state index in [9.17, 15) is 22.8 Å². The van der Waals surface area contributed by atoms with Gasteiger partial charge in [0.05, 0.1) is 22.0 Å². The Bertz CT molecular complexity index is 806. The minimum absolute atomic E-state index is 0.101. The highest BCUT2D eigenvalue weighted by molar-refractivity contribution is 7.12. The first-order chi connectivity index (χ1) is 12.8. The highest BCUT2D eigenvalue weighted by Crippen LogP contribution is 2.37. The fraction of sp³-hybridized carbons (Fsp3) is 0.368. The number of alkyl halides is 3. The van der Waals surface area contributed by atoms with Gasteiger partial charge in [-0.2, -0.15) is 13.2 Å². The van der Waals surface area contributed by atoms with Crippen molar-refractivity contribution in [3.05, 3.63) is 52.2 Å². The third-order valence-electron chi connectivity index (χ3n) is 4.64. The van der Waals surface area contributed by atoms with E-state index < -0.39 is 24.0 Å². The second-order valence-electron chi connectivity index (χ2n) is 6.55. The lowest BCUT2D eigenvalue weighted by Crippen LogP contribution is -2.41. The molecule has 1 heterocycles. The first-order valence-corrected chi connectivity index (χ1v) is 9.54. The number of hydrogen-bond donors (Lipinski definition) is 2. The van der Waals surface area contributed by atoms with Crippen molar-refractivity contribution in [1.29, 1.82) is 0 Å². The number of anilines is 1. The molecule has 2 atom stereocenters. The van der Waals surface area contributed by atoms with Crippen LogP contribution in [-0.4, -0.2) is 24.0 Å². The lowest BCUT2D eigenvalue weighted by atomic mass is 9.85. The van der Waals surface area contributed by atoms with Gasteiger partial charge in [-0.15, -0.1) is 11.3 Å². The standard InChI is InChI=1S/C19H19F3N2O2S/c20-19(21,22)12-5-3-6-13(11-12)23-17(25)14-7-1-2-8-15(14)24-18(26)16-9-4-10-27-16/h1-2,4,7-10,12-13H,3,5-6,11H2,(H,23,25)(H,24,26)/t12-,13-/m1/s1. The van der Waals surface area contributed by atoms with Gasteiger partial charge in [-0.3, -0.25) is 9.59 Å². The molecule has 0 spiro atoms. The van der Waals surface area contributed by atoms with E-state index in [1.807, 2.05) is 0 Å². The molecule has 0 unspecified atom stereocenters. The van der Waals surface area contributed by atoms with E-state index in [4.69, 9.17) is 0 Å². The zero-order valence-electron chi connectivity index (χ0n) is 14.4. The molecule has 2 amide bonds. The molecule has 1 aliphatic carbocycles. The van der Waals surface area contributed by atoms with Crippen LogP contribution in [0, 0.1) is 5.92 Å². The number of carbonyl (C=O) groups excluding carboxylic acids is 2. The minimum atomic E-state index is -4.24. The van der Waals surface area contributed by atoms with E-state index in [1.165, 1.54) is 11.3 Å². The highest BCUT2D eigenvalue weighted by atomic mass is 32.1. The fourth-order valence-electron chi connectivity index (χ4n) is 3.26. The second kappa shape index (κ2) is 8.12. The maximum absolute atomic E-state index is 13.0. The molecule has 4 nitrogen and oxygen atoms in total. The molecule has 2 N–H and O–H groups in total. The summed E-state index contributed by atoms with van der Waals surface area (Å²) >= 11 is 1.28. The van der Waals surface area contributed by atoms with Gasteiger partial charge >= 0.3 is 6.18 Å². The van der Waals surface area contributed by atoms with Crippen molar-refractivity contribution in [3.8, 4) is 0 Å². The van der Waals surface area contributed by atoms with Crippen molar-refractivity contribution in [2.75, 3.05) is 5.32 Å². The average molecular weight is 396 g/mol. The summed E-state index contributed by atoms with van der Waals surface area (Å²) in [4.78, 5) is 25.4. The molecular weight excluding hydrogens is 377 g/mol. The van der Waals surface area contributed by atoms with Crippen molar-refractivity contribution in [3.63, 3.8) is 0 Å². The van der Waals surface area contributed by atoms with Crippen molar-refractivity contribution < 1.29 is 22.8 Å². The van der Waals surface area contributed by atoms with Crippen molar-refractivity contribution in [1.82, 2.24) is 5.32 Å². The van der Waals surface area contributed by atoms with Crippen LogP contribution in [0.4, 0.5) is 18.9 Å². The summed E-state index contributed by atoms with van der Waals surface area (Å²) < 4.78 is 38.9. The number of halogens is 3. The molecule has 3 rings (SSSR count). The summed E-state index contributed by atoms with van der Waals surface area (Å²) in [5, 5.41) is 7.16. The predicted octanol–water partition coefficient (Wildman–Crippen LogP) is 4.85. The molecule has 1 saturated carbocycles. The third kappa shape index (κ3) is 4.88. The normalized spacial score (nSPS) is 20.1. The summed E-state index contributed by atoms with van der Waals surface area (Å²) in [6.07, 6.45) is -3.31. The summed E-state index contributed by atoms with van der Waals surface area (Å²) in [5.41, 5.74) is 0.563. The average Bonchev–Trinajstić information content (AvgIpc) is 3.16. The first kappa shape index (κ1) is 19.4. The smallest absolute Gasteiger partial charge is 0.349 e. The maximum Gasteiger partial charge on any atom is 0.391 e. The molecule has 1 aromatic heterocycles. The van der Waals surface area contributed by atoms with Crippen LogP contribution in [0.25, 0.3) is 0 Å². The van der Waals surface area contributed by atoms with Crippen LogP contribution < -0.4 is 10.6 Å². The summed E-state index contributed by atoms with van der Waals surface area (Å²) in [6, 6.07) is 9.36. The molecule has 2 aromatic rings. The van der Waals surface area contributed by atoms with E-state index in [0.29, 0.717) is 23.4 Å². The van der Waals surface area contributed by atoms with Gasteiger partial charge in [0.1, 0.15) is 0 Å². The molecule has 1 fully saturated rings. The molecular formula is C19H19F3N2O2S. The van der Waals surface area contributed by atoms with Gasteiger partial charge in [0, 0.05) is 6.04 Å². The van der Waals surface area contributed by atoms with Crippen molar-refractivity contribution in [2.24, 2.45) is 5.92 Å². The van der Waals surface area contributed by atoms with Gasteiger partial charge in [0.25, 0.3) is 11.8 Å². The molecule has 144 valence electrons. The summed E-state index contributed by atoms with van der Waals surface area (Å²) in [6.45, 7) is 0. The van der Waals surface area contributed by atoms with Crippen LogP contribution in [-0.2, 0) is 0 Å². The Hall–Kier alpha value is -2.35. The Morgan fingerprint density at radius 2 is 1.81 bits per heavy atom. The molecule has 1 aliphatic rings. The van der Waals surface area contributed by atoms with Gasteiger partial charge in [-0.05, 0) is 42.8 Å². The summed E-state index contributed by atoms with van der Waals surface area (Å²) in [7, 11) is 0. The molecule has 0 bridgehead atoms. The van der Waals surface area contributed by atoms with Gasteiger partial charge in [-0.25, -0.2) is 0 Å². The Morgan fingerprint density at radius 1 is 1.04 bits per heavy atom. The number of para-hydroxylation sites is 1. The number of amides is 2. The molecule has 0 aliphatic heterocycles. The number of nitrogens with one attached hydrogen (secondary N) is 2. The Labute approximate surface area is 158 Å². The third-order valence-corrected chi connectivity index (χ3v) is 5.51. The van der Waals surface area contributed by atoms with E-state index in [1.54, 1.807) is 41.8 Å². The molecule has 0 saturated heterocycles.